The van der Waals surface area contributed by atoms with Gasteiger partial charge in [0.15, 0.2) is 6.61 Å². The molecule has 3 aromatic rings. The number of benzene rings is 3. The van der Waals surface area contributed by atoms with Crippen LogP contribution in [0.2, 0.25) is 10.0 Å². The van der Waals surface area contributed by atoms with E-state index in [1.807, 2.05) is 61.5 Å². The van der Waals surface area contributed by atoms with Crippen LogP contribution in [-0.4, -0.2) is 43.0 Å². The Kier molecular flexibility index (Phi) is 10.5. The highest BCUT2D eigenvalue weighted by Crippen LogP contribution is 2.28. The van der Waals surface area contributed by atoms with Gasteiger partial charge in [0.2, 0.25) is 5.91 Å². The lowest BCUT2D eigenvalue weighted by molar-refractivity contribution is -0.142. The molecular formula is C28H30Cl2N2O4. The number of hydrogen-bond acceptors (Lipinski definition) is 4. The molecule has 0 radical (unpaired) electrons. The Morgan fingerprint density at radius 1 is 0.972 bits per heavy atom. The van der Waals surface area contributed by atoms with Crippen molar-refractivity contribution >= 4 is 35.0 Å². The van der Waals surface area contributed by atoms with Crippen LogP contribution in [0.25, 0.3) is 0 Å². The lowest BCUT2D eigenvalue weighted by atomic mass is 10.0. The third-order valence-electron chi connectivity index (χ3n) is 5.55. The van der Waals surface area contributed by atoms with Crippen LogP contribution in [0.4, 0.5) is 0 Å². The van der Waals surface area contributed by atoms with Crippen LogP contribution in [0.1, 0.15) is 24.5 Å². The van der Waals surface area contributed by atoms with E-state index in [-0.39, 0.29) is 25.0 Å². The molecule has 1 unspecified atom stereocenters. The fourth-order valence-electron chi connectivity index (χ4n) is 3.70. The van der Waals surface area contributed by atoms with Gasteiger partial charge < -0.3 is 19.7 Å². The monoisotopic (exact) mass is 528 g/mol. The summed E-state index contributed by atoms with van der Waals surface area (Å²) in [5.41, 5.74) is 1.77. The minimum absolute atomic E-state index is 0.199. The molecule has 0 fully saturated rings. The number of ether oxygens (including phenoxy) is 2. The third kappa shape index (κ3) is 7.90. The van der Waals surface area contributed by atoms with Crippen molar-refractivity contribution in [3.8, 4) is 11.5 Å². The van der Waals surface area contributed by atoms with Crippen LogP contribution in [0.3, 0.4) is 0 Å². The van der Waals surface area contributed by atoms with Crippen molar-refractivity contribution in [1.82, 2.24) is 10.2 Å². The first kappa shape index (κ1) is 27.4. The molecule has 0 aliphatic rings. The fraction of sp³-hybridized carbons (Fsp3) is 0.286. The van der Waals surface area contributed by atoms with Crippen molar-refractivity contribution in [3.05, 3.63) is 94.0 Å². The molecule has 8 heteroatoms. The highest BCUT2D eigenvalue weighted by atomic mass is 35.5. The molecule has 0 saturated heterocycles. The minimum atomic E-state index is -0.748. The number of nitrogens with zero attached hydrogens (tertiary/aromatic N) is 1. The minimum Gasteiger partial charge on any atom is -0.497 e. The van der Waals surface area contributed by atoms with Crippen molar-refractivity contribution < 1.29 is 19.1 Å². The molecule has 0 aliphatic carbocycles. The molecule has 3 rings (SSSR count). The first-order valence-electron chi connectivity index (χ1n) is 11.7. The maximum absolute atomic E-state index is 13.6. The Balaban J connectivity index is 1.91. The quantitative estimate of drug-likeness (QED) is 0.334. The molecular weight excluding hydrogens is 499 g/mol. The van der Waals surface area contributed by atoms with Crippen molar-refractivity contribution in [2.75, 3.05) is 20.3 Å². The zero-order chi connectivity index (χ0) is 25.9. The summed E-state index contributed by atoms with van der Waals surface area (Å²) in [6, 6.07) is 21.1. The Morgan fingerprint density at radius 3 is 2.42 bits per heavy atom. The van der Waals surface area contributed by atoms with Gasteiger partial charge in [0.05, 0.1) is 12.1 Å². The number of nitrogens with one attached hydrogen (secondary N) is 1. The molecule has 1 N–H and O–H groups in total. The van der Waals surface area contributed by atoms with Crippen molar-refractivity contribution in [1.29, 1.82) is 0 Å². The topological polar surface area (TPSA) is 67.9 Å². The van der Waals surface area contributed by atoms with Crippen LogP contribution in [0.5, 0.6) is 11.5 Å². The molecule has 0 aliphatic heterocycles. The van der Waals surface area contributed by atoms with Gasteiger partial charge in [-0.15, -0.1) is 0 Å². The Bertz CT molecular complexity index is 1160. The summed E-state index contributed by atoms with van der Waals surface area (Å²) in [5.74, 6) is 0.433. The second-order valence-corrected chi connectivity index (χ2v) is 9.08. The largest absolute Gasteiger partial charge is 0.497 e. The number of carbonyl (C=O) groups excluding carboxylic acids is 2. The van der Waals surface area contributed by atoms with Crippen molar-refractivity contribution in [2.45, 2.75) is 32.4 Å². The first-order valence-corrected chi connectivity index (χ1v) is 12.5. The summed E-state index contributed by atoms with van der Waals surface area (Å²) < 4.78 is 11.1. The number of rotatable bonds is 12. The number of amides is 2. The summed E-state index contributed by atoms with van der Waals surface area (Å²) in [6.45, 7) is 2.40. The van der Waals surface area contributed by atoms with Gasteiger partial charge in [-0.2, -0.15) is 0 Å². The Labute approximate surface area is 222 Å². The summed E-state index contributed by atoms with van der Waals surface area (Å²) in [5, 5.41) is 3.72. The zero-order valence-electron chi connectivity index (χ0n) is 20.4. The van der Waals surface area contributed by atoms with Gasteiger partial charge in [0, 0.05) is 24.5 Å². The van der Waals surface area contributed by atoms with Gasteiger partial charge in [0.1, 0.15) is 17.5 Å². The van der Waals surface area contributed by atoms with E-state index in [0.29, 0.717) is 34.5 Å². The van der Waals surface area contributed by atoms with Crippen molar-refractivity contribution in [3.63, 3.8) is 0 Å². The van der Waals surface area contributed by atoms with Gasteiger partial charge in [0.25, 0.3) is 5.91 Å². The molecule has 3 aromatic carbocycles. The summed E-state index contributed by atoms with van der Waals surface area (Å²) >= 11 is 12.2. The highest BCUT2D eigenvalue weighted by molar-refractivity contribution is 6.35. The summed E-state index contributed by atoms with van der Waals surface area (Å²) in [4.78, 5) is 28.5. The smallest absolute Gasteiger partial charge is 0.261 e. The molecule has 0 aromatic heterocycles. The van der Waals surface area contributed by atoms with E-state index in [1.54, 1.807) is 30.2 Å². The number of halogens is 2. The maximum atomic E-state index is 13.6. The van der Waals surface area contributed by atoms with E-state index in [1.165, 1.54) is 0 Å². The fourth-order valence-corrected chi connectivity index (χ4v) is 4.17. The predicted molar refractivity (Wildman–Crippen MR) is 143 cm³/mol. The third-order valence-corrected chi connectivity index (χ3v) is 6.08. The molecule has 6 nitrogen and oxygen atoms in total. The van der Waals surface area contributed by atoms with Gasteiger partial charge in [-0.25, -0.2) is 0 Å². The second kappa shape index (κ2) is 13.8. The van der Waals surface area contributed by atoms with Gasteiger partial charge in [-0.3, -0.25) is 9.59 Å². The lowest BCUT2D eigenvalue weighted by Crippen LogP contribution is -2.51. The number of carbonyl (C=O) groups is 2. The predicted octanol–water partition coefficient (Wildman–Crippen LogP) is 5.55. The van der Waals surface area contributed by atoms with Crippen LogP contribution < -0.4 is 14.8 Å². The molecule has 2 amide bonds. The van der Waals surface area contributed by atoms with Gasteiger partial charge >= 0.3 is 0 Å². The molecule has 0 saturated carbocycles. The Hall–Kier alpha value is -3.22. The number of methoxy groups -OCH3 is 1. The Morgan fingerprint density at radius 2 is 1.72 bits per heavy atom. The normalized spacial score (nSPS) is 11.4. The average molecular weight is 529 g/mol. The van der Waals surface area contributed by atoms with Crippen LogP contribution in [0.15, 0.2) is 72.8 Å². The van der Waals surface area contributed by atoms with E-state index >= 15 is 0 Å². The van der Waals surface area contributed by atoms with E-state index in [2.05, 4.69) is 5.32 Å². The maximum Gasteiger partial charge on any atom is 0.261 e. The zero-order valence-corrected chi connectivity index (χ0v) is 21.9. The highest BCUT2D eigenvalue weighted by Gasteiger charge is 2.30. The standard InChI is InChI=1S/C28H30Cl2N2O4/c1-3-14-31-28(34)25(16-20-8-5-4-6-9-20)32(18-21-10-7-11-23(15-21)35-2)27(33)19-36-26-13-12-22(29)17-24(26)30/h4-13,15,17,25H,3,14,16,18-19H2,1-2H3,(H,31,34). The molecule has 0 bridgehead atoms. The lowest BCUT2D eigenvalue weighted by Gasteiger charge is -2.31. The van der Waals surface area contributed by atoms with E-state index in [9.17, 15) is 9.59 Å². The van der Waals surface area contributed by atoms with E-state index in [0.717, 1.165) is 17.5 Å². The number of hydrogen-bond donors (Lipinski definition) is 1. The molecule has 36 heavy (non-hydrogen) atoms. The second-order valence-electron chi connectivity index (χ2n) is 8.23. The van der Waals surface area contributed by atoms with Crippen LogP contribution >= 0.6 is 23.2 Å². The molecule has 0 heterocycles. The average Bonchev–Trinajstić information content (AvgIpc) is 2.89. The van der Waals surface area contributed by atoms with Crippen LogP contribution in [-0.2, 0) is 22.6 Å². The first-order chi connectivity index (χ1) is 17.4. The summed E-state index contributed by atoms with van der Waals surface area (Å²) in [7, 11) is 1.59. The summed E-state index contributed by atoms with van der Waals surface area (Å²) in [6.07, 6.45) is 1.14. The van der Waals surface area contributed by atoms with Gasteiger partial charge in [-0.05, 0) is 47.9 Å². The van der Waals surface area contributed by atoms with Crippen LogP contribution in [0, 0.1) is 0 Å². The molecule has 1 atom stereocenters. The van der Waals surface area contributed by atoms with Crippen molar-refractivity contribution in [2.24, 2.45) is 0 Å². The van der Waals surface area contributed by atoms with E-state index < -0.39 is 6.04 Å². The molecule has 0 spiro atoms. The SMILES string of the molecule is CCCNC(=O)C(Cc1ccccc1)N(Cc1cccc(OC)c1)C(=O)COc1ccc(Cl)cc1Cl. The molecule has 190 valence electrons. The van der Waals surface area contributed by atoms with E-state index in [4.69, 9.17) is 32.7 Å². The van der Waals surface area contributed by atoms with Gasteiger partial charge in [-0.1, -0.05) is 72.6 Å².